The van der Waals surface area contributed by atoms with Gasteiger partial charge in [-0.15, -0.1) is 0 Å². The van der Waals surface area contributed by atoms with Crippen LogP contribution >= 0.6 is 0 Å². The van der Waals surface area contributed by atoms with Crippen molar-refractivity contribution in [3.63, 3.8) is 0 Å². The number of aliphatic carboxylic acids is 1. The minimum atomic E-state index is -1.18. The SMILES string of the molecule is CC(C(=O)O)(C(C#N)C#N)C1CC1. The van der Waals surface area contributed by atoms with Crippen LogP contribution in [0.15, 0.2) is 0 Å². The van der Waals surface area contributed by atoms with E-state index in [9.17, 15) is 4.79 Å². The second kappa shape index (κ2) is 3.06. The van der Waals surface area contributed by atoms with Crippen LogP contribution in [0.3, 0.4) is 0 Å². The van der Waals surface area contributed by atoms with Crippen molar-refractivity contribution < 1.29 is 9.90 Å². The van der Waals surface area contributed by atoms with Crippen molar-refractivity contribution >= 4 is 5.97 Å². The van der Waals surface area contributed by atoms with Crippen LogP contribution in [0, 0.1) is 39.9 Å². The molecule has 1 atom stereocenters. The molecule has 4 nitrogen and oxygen atoms in total. The molecular formula is C9H10N2O2. The summed E-state index contributed by atoms with van der Waals surface area (Å²) >= 11 is 0. The molecule has 0 aliphatic heterocycles. The Kier molecular flexibility index (Phi) is 2.25. The van der Waals surface area contributed by atoms with Crippen LogP contribution in [-0.2, 0) is 4.79 Å². The quantitative estimate of drug-likeness (QED) is 0.702. The highest BCUT2D eigenvalue weighted by Gasteiger charge is 2.53. The summed E-state index contributed by atoms with van der Waals surface area (Å²) in [7, 11) is 0. The normalized spacial score (nSPS) is 20.0. The average Bonchev–Trinajstić information content (AvgIpc) is 2.88. The summed E-state index contributed by atoms with van der Waals surface area (Å²) in [5.41, 5.74) is -1.18. The highest BCUT2D eigenvalue weighted by atomic mass is 16.4. The molecule has 0 bridgehead atoms. The number of hydrogen-bond donors (Lipinski definition) is 1. The lowest BCUT2D eigenvalue weighted by Crippen LogP contribution is -2.36. The van der Waals surface area contributed by atoms with Gasteiger partial charge in [0, 0.05) is 0 Å². The van der Waals surface area contributed by atoms with Gasteiger partial charge in [-0.05, 0) is 25.7 Å². The van der Waals surface area contributed by atoms with E-state index in [1.165, 1.54) is 6.92 Å². The maximum Gasteiger partial charge on any atom is 0.312 e. The van der Waals surface area contributed by atoms with E-state index in [-0.39, 0.29) is 5.92 Å². The Bertz CT molecular complexity index is 295. The second-order valence-electron chi connectivity index (χ2n) is 3.55. The fourth-order valence-electron chi connectivity index (χ4n) is 1.51. The molecule has 1 rings (SSSR count). The van der Waals surface area contributed by atoms with Gasteiger partial charge in [0.2, 0.25) is 0 Å². The van der Waals surface area contributed by atoms with Crippen molar-refractivity contribution in [2.24, 2.45) is 17.3 Å². The number of hydrogen-bond acceptors (Lipinski definition) is 3. The van der Waals surface area contributed by atoms with E-state index in [1.54, 1.807) is 12.1 Å². The lowest BCUT2D eigenvalue weighted by Gasteiger charge is -2.24. The number of rotatable bonds is 3. The standard InChI is InChI=1S/C9H10N2O2/c1-9(8(12)13,6-2-3-6)7(4-10)5-11/h6-7H,2-3H2,1H3,(H,12,13). The Labute approximate surface area is 76.4 Å². The molecule has 13 heavy (non-hydrogen) atoms. The first kappa shape index (κ1) is 9.54. The molecule has 1 fully saturated rings. The fraction of sp³-hybridized carbons (Fsp3) is 0.667. The molecule has 0 saturated heterocycles. The van der Waals surface area contributed by atoms with Gasteiger partial charge in [-0.2, -0.15) is 10.5 Å². The molecule has 4 heteroatoms. The smallest absolute Gasteiger partial charge is 0.312 e. The van der Waals surface area contributed by atoms with Crippen LogP contribution in [0.2, 0.25) is 0 Å². The molecule has 0 spiro atoms. The second-order valence-corrected chi connectivity index (χ2v) is 3.55. The predicted octanol–water partition coefficient (Wildman–Crippen LogP) is 1.15. The van der Waals surface area contributed by atoms with E-state index in [0.29, 0.717) is 0 Å². The van der Waals surface area contributed by atoms with Gasteiger partial charge in [0.05, 0.1) is 17.6 Å². The zero-order chi connectivity index (χ0) is 10.1. The molecule has 1 N–H and O–H groups in total. The maximum atomic E-state index is 11.0. The maximum absolute atomic E-state index is 11.0. The summed E-state index contributed by atoms with van der Waals surface area (Å²) in [6.45, 7) is 1.49. The predicted molar refractivity (Wildman–Crippen MR) is 43.2 cm³/mol. The molecule has 1 aliphatic carbocycles. The summed E-state index contributed by atoms with van der Waals surface area (Å²) in [5.74, 6) is -2.09. The van der Waals surface area contributed by atoms with Crippen LogP contribution in [0.5, 0.6) is 0 Å². The number of carbonyl (C=O) groups is 1. The van der Waals surface area contributed by atoms with Gasteiger partial charge in [-0.1, -0.05) is 0 Å². The Hall–Kier alpha value is -1.55. The Morgan fingerprint density at radius 2 is 2.00 bits per heavy atom. The van der Waals surface area contributed by atoms with Gasteiger partial charge in [0.1, 0.15) is 5.92 Å². The molecular weight excluding hydrogens is 168 g/mol. The largest absolute Gasteiger partial charge is 0.481 e. The lowest BCUT2D eigenvalue weighted by atomic mass is 9.74. The molecule has 0 heterocycles. The van der Waals surface area contributed by atoms with Crippen molar-refractivity contribution in [3.05, 3.63) is 0 Å². The van der Waals surface area contributed by atoms with E-state index in [0.717, 1.165) is 12.8 Å². The zero-order valence-electron chi connectivity index (χ0n) is 7.32. The van der Waals surface area contributed by atoms with Crippen molar-refractivity contribution in [1.29, 1.82) is 10.5 Å². The fourth-order valence-corrected chi connectivity index (χ4v) is 1.51. The van der Waals surface area contributed by atoms with E-state index < -0.39 is 17.3 Å². The van der Waals surface area contributed by atoms with Gasteiger partial charge in [0.25, 0.3) is 0 Å². The van der Waals surface area contributed by atoms with Crippen LogP contribution in [0.4, 0.5) is 0 Å². The summed E-state index contributed by atoms with van der Waals surface area (Å²) in [5, 5.41) is 26.3. The van der Waals surface area contributed by atoms with Crippen LogP contribution in [0.1, 0.15) is 19.8 Å². The van der Waals surface area contributed by atoms with E-state index in [4.69, 9.17) is 15.6 Å². The molecule has 0 aromatic rings. The Morgan fingerprint density at radius 3 is 2.23 bits per heavy atom. The summed E-state index contributed by atoms with van der Waals surface area (Å²) in [4.78, 5) is 11.0. The molecule has 0 amide bonds. The van der Waals surface area contributed by atoms with Crippen LogP contribution in [-0.4, -0.2) is 11.1 Å². The van der Waals surface area contributed by atoms with E-state index in [1.807, 2.05) is 0 Å². The molecule has 0 radical (unpaired) electrons. The molecule has 1 aliphatic rings. The van der Waals surface area contributed by atoms with E-state index in [2.05, 4.69) is 0 Å². The third-order valence-electron chi connectivity index (χ3n) is 2.74. The zero-order valence-corrected chi connectivity index (χ0v) is 7.32. The highest BCUT2D eigenvalue weighted by molar-refractivity contribution is 5.76. The Morgan fingerprint density at radius 1 is 1.54 bits per heavy atom. The number of nitriles is 2. The first-order chi connectivity index (χ1) is 6.07. The minimum absolute atomic E-state index is 0.00528. The Balaban J connectivity index is 2.98. The van der Waals surface area contributed by atoms with Crippen molar-refractivity contribution in [3.8, 4) is 12.1 Å². The molecule has 68 valence electrons. The number of nitrogens with zero attached hydrogens (tertiary/aromatic N) is 2. The molecule has 1 saturated carbocycles. The lowest BCUT2D eigenvalue weighted by molar-refractivity contribution is -0.150. The highest BCUT2D eigenvalue weighted by Crippen LogP contribution is 2.49. The van der Waals surface area contributed by atoms with Gasteiger partial charge in [-0.25, -0.2) is 0 Å². The first-order valence-electron chi connectivity index (χ1n) is 4.10. The van der Waals surface area contributed by atoms with Crippen molar-refractivity contribution in [2.75, 3.05) is 0 Å². The van der Waals surface area contributed by atoms with Crippen molar-refractivity contribution in [2.45, 2.75) is 19.8 Å². The third kappa shape index (κ3) is 1.36. The topological polar surface area (TPSA) is 84.9 Å². The summed E-state index contributed by atoms with van der Waals surface area (Å²) < 4.78 is 0. The van der Waals surface area contributed by atoms with Crippen molar-refractivity contribution in [1.82, 2.24) is 0 Å². The molecule has 0 aromatic heterocycles. The number of carboxylic acid groups (broad SMARTS) is 1. The van der Waals surface area contributed by atoms with Crippen LogP contribution in [0.25, 0.3) is 0 Å². The monoisotopic (exact) mass is 178 g/mol. The van der Waals surface area contributed by atoms with Gasteiger partial charge in [-0.3, -0.25) is 4.79 Å². The molecule has 0 aromatic carbocycles. The van der Waals surface area contributed by atoms with Gasteiger partial charge >= 0.3 is 5.97 Å². The number of carboxylic acids is 1. The third-order valence-corrected chi connectivity index (χ3v) is 2.74. The van der Waals surface area contributed by atoms with E-state index >= 15 is 0 Å². The minimum Gasteiger partial charge on any atom is -0.481 e. The summed E-state index contributed by atoms with van der Waals surface area (Å²) in [6, 6.07) is 3.51. The average molecular weight is 178 g/mol. The first-order valence-corrected chi connectivity index (χ1v) is 4.10. The summed E-state index contributed by atoms with van der Waals surface area (Å²) in [6.07, 6.45) is 1.62. The van der Waals surface area contributed by atoms with Gasteiger partial charge in [0.15, 0.2) is 0 Å². The molecule has 1 unspecified atom stereocenters. The van der Waals surface area contributed by atoms with Crippen LogP contribution < -0.4 is 0 Å². The van der Waals surface area contributed by atoms with Gasteiger partial charge < -0.3 is 5.11 Å².